The molecule has 0 unspecified atom stereocenters. The van der Waals surface area contributed by atoms with Crippen LogP contribution in [0.4, 0.5) is 4.39 Å². The Balaban J connectivity index is 1.68. The van der Waals surface area contributed by atoms with Gasteiger partial charge in [0.25, 0.3) is 0 Å². The molecule has 0 fully saturated rings. The van der Waals surface area contributed by atoms with Crippen molar-refractivity contribution in [3.8, 4) is 0 Å². The summed E-state index contributed by atoms with van der Waals surface area (Å²) < 4.78 is 12.7. The van der Waals surface area contributed by atoms with Crippen LogP contribution in [0.2, 0.25) is 0 Å². The summed E-state index contributed by atoms with van der Waals surface area (Å²) in [7, 11) is 0. The molecule has 0 aliphatic carbocycles. The molecule has 1 aromatic carbocycles. The predicted octanol–water partition coefficient (Wildman–Crippen LogP) is 1.74. The van der Waals surface area contributed by atoms with Crippen molar-refractivity contribution in [1.82, 2.24) is 10.6 Å². The topological polar surface area (TPSA) is 78.4 Å². The molecular formula is C16H17FN2O3S. The van der Waals surface area contributed by atoms with E-state index >= 15 is 0 Å². The van der Waals surface area contributed by atoms with Crippen LogP contribution in [-0.4, -0.2) is 23.5 Å². The Bertz CT molecular complexity index is 644. The molecule has 5 nitrogen and oxygen atoms in total. The lowest BCUT2D eigenvalue weighted by Crippen LogP contribution is -2.40. The van der Waals surface area contributed by atoms with E-state index in [2.05, 4.69) is 10.6 Å². The molecule has 122 valence electrons. The van der Waals surface area contributed by atoms with Crippen LogP contribution in [0.3, 0.4) is 0 Å². The molecule has 0 saturated heterocycles. The Morgan fingerprint density at radius 3 is 2.48 bits per heavy atom. The first-order valence-electron chi connectivity index (χ1n) is 7.08. The van der Waals surface area contributed by atoms with E-state index < -0.39 is 17.9 Å². The van der Waals surface area contributed by atoms with E-state index in [4.69, 9.17) is 0 Å². The molecule has 1 aromatic heterocycles. The Labute approximate surface area is 137 Å². The van der Waals surface area contributed by atoms with Crippen molar-refractivity contribution in [2.75, 3.05) is 6.54 Å². The van der Waals surface area contributed by atoms with Crippen molar-refractivity contribution in [3.63, 3.8) is 0 Å². The molecule has 0 aliphatic rings. The zero-order valence-electron chi connectivity index (χ0n) is 12.3. The van der Waals surface area contributed by atoms with E-state index in [1.54, 1.807) is 0 Å². The standard InChI is InChI=1S/C16H17FN2O3S/c17-12-5-3-11(4-6-12)10-19-16(22)15(21)18-8-7-13(20)14-2-1-9-23-14/h1-6,9,13,20H,7-8,10H2,(H,18,21)(H,19,22)/t13-/m0/s1. The van der Waals surface area contributed by atoms with Gasteiger partial charge in [-0.15, -0.1) is 11.3 Å². The fraction of sp³-hybridized carbons (Fsp3) is 0.250. The number of rotatable bonds is 6. The highest BCUT2D eigenvalue weighted by Gasteiger charge is 2.14. The maximum absolute atomic E-state index is 12.7. The second-order valence-electron chi connectivity index (χ2n) is 4.88. The number of halogens is 1. The average molecular weight is 336 g/mol. The highest BCUT2D eigenvalue weighted by atomic mass is 32.1. The van der Waals surface area contributed by atoms with E-state index in [1.165, 1.54) is 35.6 Å². The Hall–Kier alpha value is -2.25. The third-order valence-corrected chi connectivity index (χ3v) is 4.12. The van der Waals surface area contributed by atoms with Gasteiger partial charge in [0.2, 0.25) is 0 Å². The molecule has 0 spiro atoms. The highest BCUT2D eigenvalue weighted by Crippen LogP contribution is 2.20. The molecule has 23 heavy (non-hydrogen) atoms. The summed E-state index contributed by atoms with van der Waals surface area (Å²) in [6.07, 6.45) is -0.324. The van der Waals surface area contributed by atoms with Gasteiger partial charge in [0.1, 0.15) is 5.82 Å². The van der Waals surface area contributed by atoms with Crippen LogP contribution in [0.25, 0.3) is 0 Å². The number of benzene rings is 1. The second-order valence-corrected chi connectivity index (χ2v) is 5.86. The number of hydrogen-bond donors (Lipinski definition) is 3. The molecule has 1 heterocycles. The Morgan fingerprint density at radius 1 is 1.13 bits per heavy atom. The predicted molar refractivity (Wildman–Crippen MR) is 85.2 cm³/mol. The number of amides is 2. The van der Waals surface area contributed by atoms with E-state index in [0.29, 0.717) is 12.0 Å². The van der Waals surface area contributed by atoms with Crippen LogP contribution < -0.4 is 10.6 Å². The van der Waals surface area contributed by atoms with Crippen LogP contribution in [0.15, 0.2) is 41.8 Å². The fourth-order valence-electron chi connectivity index (χ4n) is 1.89. The van der Waals surface area contributed by atoms with Gasteiger partial charge in [-0.25, -0.2) is 4.39 Å². The van der Waals surface area contributed by atoms with E-state index in [1.807, 2.05) is 17.5 Å². The van der Waals surface area contributed by atoms with Crippen molar-refractivity contribution < 1.29 is 19.1 Å². The summed E-state index contributed by atoms with van der Waals surface area (Å²) >= 11 is 1.43. The lowest BCUT2D eigenvalue weighted by Gasteiger charge is -2.10. The monoisotopic (exact) mass is 336 g/mol. The van der Waals surface area contributed by atoms with Crippen LogP contribution in [0.5, 0.6) is 0 Å². The van der Waals surface area contributed by atoms with Crippen LogP contribution in [0.1, 0.15) is 23.0 Å². The first kappa shape index (κ1) is 17.1. The van der Waals surface area contributed by atoms with E-state index in [0.717, 1.165) is 4.88 Å². The number of aliphatic hydroxyl groups is 1. The van der Waals surface area contributed by atoms with Gasteiger partial charge in [0.05, 0.1) is 6.10 Å². The number of thiophene rings is 1. The van der Waals surface area contributed by atoms with Crippen LogP contribution >= 0.6 is 11.3 Å². The zero-order valence-corrected chi connectivity index (χ0v) is 13.1. The van der Waals surface area contributed by atoms with Gasteiger partial charge in [-0.3, -0.25) is 9.59 Å². The number of carbonyl (C=O) groups is 2. The van der Waals surface area contributed by atoms with Gasteiger partial charge < -0.3 is 15.7 Å². The summed E-state index contributed by atoms with van der Waals surface area (Å²) in [5.41, 5.74) is 0.695. The molecule has 0 radical (unpaired) electrons. The average Bonchev–Trinajstić information content (AvgIpc) is 3.08. The minimum Gasteiger partial charge on any atom is -0.388 e. The molecule has 0 aliphatic heterocycles. The number of aliphatic hydroxyl groups excluding tert-OH is 1. The SMILES string of the molecule is O=C(NCC[C@H](O)c1cccs1)C(=O)NCc1ccc(F)cc1. The van der Waals surface area contributed by atoms with Crippen molar-refractivity contribution >= 4 is 23.2 Å². The molecular weight excluding hydrogens is 319 g/mol. The quantitative estimate of drug-likeness (QED) is 0.703. The van der Waals surface area contributed by atoms with Gasteiger partial charge in [-0.05, 0) is 35.6 Å². The summed E-state index contributed by atoms with van der Waals surface area (Å²) in [6.45, 7) is 0.340. The second kappa shape index (κ2) is 8.40. The highest BCUT2D eigenvalue weighted by molar-refractivity contribution is 7.10. The maximum atomic E-state index is 12.7. The number of nitrogens with one attached hydrogen (secondary N) is 2. The molecule has 0 saturated carbocycles. The van der Waals surface area contributed by atoms with Gasteiger partial charge in [0, 0.05) is 18.0 Å². The maximum Gasteiger partial charge on any atom is 0.309 e. The molecule has 0 bridgehead atoms. The molecule has 2 amide bonds. The van der Waals surface area contributed by atoms with Crippen molar-refractivity contribution in [1.29, 1.82) is 0 Å². The minimum atomic E-state index is -0.764. The van der Waals surface area contributed by atoms with E-state index in [9.17, 15) is 19.1 Å². The molecule has 3 N–H and O–H groups in total. The van der Waals surface area contributed by atoms with Crippen LogP contribution in [-0.2, 0) is 16.1 Å². The molecule has 2 aromatic rings. The van der Waals surface area contributed by atoms with Gasteiger partial charge >= 0.3 is 11.8 Å². The van der Waals surface area contributed by atoms with Gasteiger partial charge in [0.15, 0.2) is 0 Å². The molecule has 2 rings (SSSR count). The fourth-order valence-corrected chi connectivity index (χ4v) is 2.64. The van der Waals surface area contributed by atoms with Gasteiger partial charge in [-0.1, -0.05) is 18.2 Å². The summed E-state index contributed by atoms with van der Waals surface area (Å²) in [4.78, 5) is 24.1. The molecule has 7 heteroatoms. The summed E-state index contributed by atoms with van der Waals surface area (Å²) in [6, 6.07) is 9.29. The van der Waals surface area contributed by atoms with Crippen molar-refractivity contribution in [2.24, 2.45) is 0 Å². The first-order chi connectivity index (χ1) is 11.1. The lowest BCUT2D eigenvalue weighted by molar-refractivity contribution is -0.139. The number of carbonyl (C=O) groups excluding carboxylic acids is 2. The van der Waals surface area contributed by atoms with E-state index in [-0.39, 0.29) is 18.9 Å². The van der Waals surface area contributed by atoms with Crippen molar-refractivity contribution in [2.45, 2.75) is 19.1 Å². The minimum absolute atomic E-state index is 0.143. The summed E-state index contributed by atoms with van der Waals surface area (Å²) in [5, 5.41) is 16.6. The van der Waals surface area contributed by atoms with Gasteiger partial charge in [-0.2, -0.15) is 0 Å². The Morgan fingerprint density at radius 2 is 1.83 bits per heavy atom. The summed E-state index contributed by atoms with van der Waals surface area (Å²) in [5.74, 6) is -1.88. The zero-order chi connectivity index (χ0) is 16.7. The smallest absolute Gasteiger partial charge is 0.309 e. The molecule has 1 atom stereocenters. The van der Waals surface area contributed by atoms with Crippen LogP contribution in [0, 0.1) is 5.82 Å². The Kier molecular flexibility index (Phi) is 6.25. The third kappa shape index (κ3) is 5.46. The largest absolute Gasteiger partial charge is 0.388 e. The third-order valence-electron chi connectivity index (χ3n) is 3.15. The lowest BCUT2D eigenvalue weighted by atomic mass is 10.2. The number of hydrogen-bond acceptors (Lipinski definition) is 4. The van der Waals surface area contributed by atoms with Crippen molar-refractivity contribution in [3.05, 3.63) is 58.0 Å². The normalized spacial score (nSPS) is 11.7. The first-order valence-corrected chi connectivity index (χ1v) is 7.96.